The van der Waals surface area contributed by atoms with Gasteiger partial charge in [-0.05, 0) is 62.3 Å². The molecule has 3 aliphatic rings. The lowest BCUT2D eigenvalue weighted by molar-refractivity contribution is 0.0667. The summed E-state index contributed by atoms with van der Waals surface area (Å²) in [4.78, 5) is 19.3. The van der Waals surface area contributed by atoms with Crippen molar-refractivity contribution in [2.45, 2.75) is 50.5 Å². The van der Waals surface area contributed by atoms with Crippen LogP contribution < -0.4 is 10.9 Å². The fourth-order valence-electron chi connectivity index (χ4n) is 4.88. The Morgan fingerprint density at radius 1 is 1.18 bits per heavy atom. The van der Waals surface area contributed by atoms with Gasteiger partial charge < -0.3 is 9.32 Å². The van der Waals surface area contributed by atoms with E-state index in [2.05, 4.69) is 28.0 Å². The van der Waals surface area contributed by atoms with Crippen LogP contribution in [0, 0.1) is 12.8 Å². The summed E-state index contributed by atoms with van der Waals surface area (Å²) in [5.74, 6) is 3.39. The molecule has 2 saturated heterocycles. The van der Waals surface area contributed by atoms with E-state index in [4.69, 9.17) is 4.42 Å². The number of furan rings is 1. The van der Waals surface area contributed by atoms with Gasteiger partial charge in [-0.1, -0.05) is 0 Å². The predicted octanol–water partition coefficient (Wildman–Crippen LogP) is 2.97. The molecule has 0 bridgehead atoms. The average molecular weight is 380 g/mol. The molecule has 0 radical (unpaired) electrons. The summed E-state index contributed by atoms with van der Waals surface area (Å²) in [6.45, 7) is 4.51. The molecule has 0 spiro atoms. The molecule has 1 aliphatic carbocycles. The number of piperidine rings is 1. The van der Waals surface area contributed by atoms with E-state index < -0.39 is 0 Å². The van der Waals surface area contributed by atoms with E-state index in [1.807, 2.05) is 30.3 Å². The molecule has 6 nitrogen and oxygen atoms in total. The van der Waals surface area contributed by atoms with Gasteiger partial charge in [0.2, 0.25) is 0 Å². The van der Waals surface area contributed by atoms with Crippen LogP contribution in [0.1, 0.15) is 65.0 Å². The van der Waals surface area contributed by atoms with Gasteiger partial charge in [0, 0.05) is 49.9 Å². The summed E-state index contributed by atoms with van der Waals surface area (Å²) < 4.78 is 5.85. The van der Waals surface area contributed by atoms with Crippen LogP contribution in [0.15, 0.2) is 35.0 Å². The number of carbonyl (C=O) groups excluding carboxylic acids is 1. The Labute approximate surface area is 165 Å². The Hall–Kier alpha value is -2.18. The fraction of sp³-hybridized carbons (Fsp3) is 0.545. The number of nitrogens with zero attached hydrogens (tertiary/aromatic N) is 2. The van der Waals surface area contributed by atoms with Crippen LogP contribution in [-0.4, -0.2) is 41.5 Å². The molecule has 28 heavy (non-hydrogen) atoms. The van der Waals surface area contributed by atoms with Crippen molar-refractivity contribution in [1.82, 2.24) is 20.7 Å². The number of amides is 1. The minimum atomic E-state index is 0.153. The molecule has 0 aromatic carbocycles. The quantitative estimate of drug-likeness (QED) is 0.853. The molecule has 1 amide bonds. The maximum absolute atomic E-state index is 13.1. The van der Waals surface area contributed by atoms with Crippen LogP contribution >= 0.6 is 0 Å². The first-order chi connectivity index (χ1) is 13.7. The molecule has 4 heterocycles. The van der Waals surface area contributed by atoms with Crippen molar-refractivity contribution in [3.63, 3.8) is 0 Å². The summed E-state index contributed by atoms with van der Waals surface area (Å²) in [5.41, 5.74) is 8.97. The SMILES string of the molecule is Cc1cc(C(=O)N2CCC(C3NNCC3c3ccncc3)CC2)c(C2CC2)o1. The minimum Gasteiger partial charge on any atom is -0.465 e. The second-order valence-corrected chi connectivity index (χ2v) is 8.48. The number of aryl methyl sites for hydroxylation is 1. The van der Waals surface area contributed by atoms with E-state index >= 15 is 0 Å². The zero-order chi connectivity index (χ0) is 19.1. The molecule has 2 aromatic heterocycles. The molecular formula is C22H28N4O2. The summed E-state index contributed by atoms with van der Waals surface area (Å²) in [6, 6.07) is 6.57. The number of pyridine rings is 1. The molecule has 2 unspecified atom stereocenters. The van der Waals surface area contributed by atoms with Crippen molar-refractivity contribution in [1.29, 1.82) is 0 Å². The molecule has 5 rings (SSSR count). The summed E-state index contributed by atoms with van der Waals surface area (Å²) >= 11 is 0. The molecule has 1 saturated carbocycles. The van der Waals surface area contributed by atoms with Crippen LogP contribution in [-0.2, 0) is 0 Å². The standard InChI is InChI=1S/C22H28N4O2/c1-14-12-18(21(28-14)17-2-3-17)22(27)26-10-6-16(7-11-26)20-19(13-24-25-20)15-4-8-23-9-5-15/h4-5,8-9,12,16-17,19-20,24-25H,2-3,6-7,10-11,13H2,1H3. The molecule has 3 fully saturated rings. The van der Waals surface area contributed by atoms with Gasteiger partial charge >= 0.3 is 0 Å². The number of likely N-dealkylation sites (tertiary alicyclic amines) is 1. The highest BCUT2D eigenvalue weighted by molar-refractivity contribution is 5.95. The van der Waals surface area contributed by atoms with Crippen molar-refractivity contribution in [3.8, 4) is 0 Å². The van der Waals surface area contributed by atoms with E-state index in [1.165, 1.54) is 5.56 Å². The zero-order valence-electron chi connectivity index (χ0n) is 16.4. The molecule has 6 heteroatoms. The third kappa shape index (κ3) is 3.35. The Kier molecular flexibility index (Phi) is 4.69. The Morgan fingerprint density at radius 2 is 1.93 bits per heavy atom. The molecule has 2 aromatic rings. The van der Waals surface area contributed by atoms with Gasteiger partial charge in [-0.25, -0.2) is 0 Å². The molecule has 148 valence electrons. The number of hydrogen-bond acceptors (Lipinski definition) is 5. The normalized spacial score (nSPS) is 26.0. The second-order valence-electron chi connectivity index (χ2n) is 8.48. The highest BCUT2D eigenvalue weighted by atomic mass is 16.3. The maximum atomic E-state index is 13.1. The number of aromatic nitrogens is 1. The van der Waals surface area contributed by atoms with Crippen LogP contribution in [0.3, 0.4) is 0 Å². The predicted molar refractivity (Wildman–Crippen MR) is 106 cm³/mol. The third-order valence-corrected chi connectivity index (χ3v) is 6.56. The first kappa shape index (κ1) is 17.9. The highest BCUT2D eigenvalue weighted by Gasteiger charge is 2.38. The smallest absolute Gasteiger partial charge is 0.257 e. The van der Waals surface area contributed by atoms with Crippen molar-refractivity contribution in [2.24, 2.45) is 5.92 Å². The lowest BCUT2D eigenvalue weighted by atomic mass is 9.80. The van der Waals surface area contributed by atoms with Gasteiger partial charge in [0.25, 0.3) is 5.91 Å². The van der Waals surface area contributed by atoms with E-state index in [1.54, 1.807) is 0 Å². The Morgan fingerprint density at radius 3 is 2.64 bits per heavy atom. The summed E-state index contributed by atoms with van der Waals surface area (Å²) in [5, 5.41) is 0. The molecule has 2 atom stereocenters. The monoisotopic (exact) mass is 380 g/mol. The molecule has 2 aliphatic heterocycles. The van der Waals surface area contributed by atoms with Crippen LogP contribution in [0.4, 0.5) is 0 Å². The van der Waals surface area contributed by atoms with Gasteiger partial charge in [0.15, 0.2) is 0 Å². The van der Waals surface area contributed by atoms with Gasteiger partial charge in [-0.2, -0.15) is 0 Å². The van der Waals surface area contributed by atoms with Crippen molar-refractivity contribution < 1.29 is 9.21 Å². The van der Waals surface area contributed by atoms with E-state index in [0.29, 0.717) is 23.8 Å². The largest absolute Gasteiger partial charge is 0.465 e. The lowest BCUT2D eigenvalue weighted by Gasteiger charge is -2.36. The topological polar surface area (TPSA) is 70.4 Å². The first-order valence-electron chi connectivity index (χ1n) is 10.5. The number of hydrazine groups is 1. The van der Waals surface area contributed by atoms with Crippen LogP contribution in [0.25, 0.3) is 0 Å². The highest BCUT2D eigenvalue weighted by Crippen LogP contribution is 2.43. The number of carbonyl (C=O) groups is 1. The molecular weight excluding hydrogens is 352 g/mol. The molecule has 2 N–H and O–H groups in total. The fourth-order valence-corrected chi connectivity index (χ4v) is 4.88. The Balaban J connectivity index is 1.25. The van der Waals surface area contributed by atoms with Gasteiger partial charge in [0.05, 0.1) is 5.56 Å². The summed E-state index contributed by atoms with van der Waals surface area (Å²) in [6.07, 6.45) is 8.09. The summed E-state index contributed by atoms with van der Waals surface area (Å²) in [7, 11) is 0. The van der Waals surface area contributed by atoms with Crippen molar-refractivity contribution >= 4 is 5.91 Å². The van der Waals surface area contributed by atoms with Crippen LogP contribution in [0.5, 0.6) is 0 Å². The maximum Gasteiger partial charge on any atom is 0.257 e. The van der Waals surface area contributed by atoms with Gasteiger partial charge in [-0.15, -0.1) is 0 Å². The van der Waals surface area contributed by atoms with E-state index in [0.717, 1.165) is 62.4 Å². The minimum absolute atomic E-state index is 0.153. The van der Waals surface area contributed by atoms with Crippen molar-refractivity contribution in [2.75, 3.05) is 19.6 Å². The second kappa shape index (κ2) is 7.33. The number of hydrogen-bond donors (Lipinski definition) is 2. The first-order valence-corrected chi connectivity index (χ1v) is 10.5. The third-order valence-electron chi connectivity index (χ3n) is 6.56. The number of rotatable bonds is 4. The number of nitrogens with one attached hydrogen (secondary N) is 2. The lowest BCUT2D eigenvalue weighted by Crippen LogP contribution is -2.45. The van der Waals surface area contributed by atoms with Gasteiger partial charge in [-0.3, -0.25) is 20.6 Å². The zero-order valence-corrected chi connectivity index (χ0v) is 16.4. The average Bonchev–Trinajstić information content (AvgIpc) is 3.33. The van der Waals surface area contributed by atoms with E-state index in [9.17, 15) is 4.79 Å². The van der Waals surface area contributed by atoms with E-state index in [-0.39, 0.29) is 5.91 Å². The Bertz CT molecular complexity index is 837. The van der Waals surface area contributed by atoms with Gasteiger partial charge in [0.1, 0.15) is 11.5 Å². The van der Waals surface area contributed by atoms with Crippen molar-refractivity contribution in [3.05, 3.63) is 53.2 Å². The van der Waals surface area contributed by atoms with Crippen LogP contribution in [0.2, 0.25) is 0 Å².